The molecular formula is C59H114O6. The lowest BCUT2D eigenvalue weighted by Crippen LogP contribution is -2.30. The Balaban J connectivity index is 4.22. The van der Waals surface area contributed by atoms with Gasteiger partial charge in [0.05, 0.1) is 0 Å². The minimum Gasteiger partial charge on any atom is -0.462 e. The van der Waals surface area contributed by atoms with E-state index in [0.29, 0.717) is 19.3 Å². The third-order valence-corrected chi connectivity index (χ3v) is 14.1. The predicted octanol–water partition coefficient (Wildman–Crippen LogP) is 19.1. The first kappa shape index (κ1) is 63.4. The minimum atomic E-state index is -0.764. The molecule has 2 unspecified atom stereocenters. The maximum absolute atomic E-state index is 12.8. The van der Waals surface area contributed by atoms with Crippen molar-refractivity contribution >= 4 is 17.9 Å². The molecule has 6 heteroatoms. The van der Waals surface area contributed by atoms with E-state index in [1.807, 2.05) is 0 Å². The molecule has 0 N–H and O–H groups in total. The number of carbonyl (C=O) groups is 3. The van der Waals surface area contributed by atoms with Crippen LogP contribution in [0.3, 0.4) is 0 Å². The zero-order valence-electron chi connectivity index (χ0n) is 44.8. The molecule has 0 aliphatic rings. The van der Waals surface area contributed by atoms with Crippen LogP contribution in [0.5, 0.6) is 0 Å². The van der Waals surface area contributed by atoms with Gasteiger partial charge >= 0.3 is 17.9 Å². The van der Waals surface area contributed by atoms with Crippen molar-refractivity contribution in [3.63, 3.8) is 0 Å². The Morgan fingerprint density at radius 2 is 0.538 bits per heavy atom. The average molecular weight is 920 g/mol. The Morgan fingerprint density at radius 1 is 0.308 bits per heavy atom. The summed E-state index contributed by atoms with van der Waals surface area (Å²) in [5.74, 6) is 1.73. The van der Waals surface area contributed by atoms with Crippen LogP contribution in [0.1, 0.15) is 324 Å². The molecule has 0 amide bonds. The maximum atomic E-state index is 12.8. The lowest BCUT2D eigenvalue weighted by Gasteiger charge is -2.18. The van der Waals surface area contributed by atoms with Crippen molar-refractivity contribution in [1.82, 2.24) is 0 Å². The highest BCUT2D eigenvalue weighted by Crippen LogP contribution is 2.19. The lowest BCUT2D eigenvalue weighted by atomic mass is 9.99. The number of hydrogen-bond acceptors (Lipinski definition) is 6. The summed E-state index contributed by atoms with van der Waals surface area (Å²) in [4.78, 5) is 38.1. The molecule has 3 atom stereocenters. The van der Waals surface area contributed by atoms with E-state index >= 15 is 0 Å². The first-order chi connectivity index (χ1) is 31.7. The normalized spacial score (nSPS) is 13.0. The van der Waals surface area contributed by atoms with Crippen LogP contribution in [-0.2, 0) is 28.6 Å². The summed E-state index contributed by atoms with van der Waals surface area (Å²) in [6.07, 6.45) is 52.3. The van der Waals surface area contributed by atoms with Crippen molar-refractivity contribution in [2.75, 3.05) is 13.2 Å². The highest BCUT2D eigenvalue weighted by atomic mass is 16.6. The van der Waals surface area contributed by atoms with Crippen LogP contribution in [0.4, 0.5) is 0 Å². The van der Waals surface area contributed by atoms with Crippen LogP contribution in [0.25, 0.3) is 0 Å². The van der Waals surface area contributed by atoms with Crippen molar-refractivity contribution in [2.24, 2.45) is 17.8 Å². The third kappa shape index (κ3) is 50.1. The lowest BCUT2D eigenvalue weighted by molar-refractivity contribution is -0.167. The molecule has 0 radical (unpaired) electrons. The van der Waals surface area contributed by atoms with Gasteiger partial charge < -0.3 is 14.2 Å². The molecule has 0 aliphatic heterocycles. The predicted molar refractivity (Wildman–Crippen MR) is 279 cm³/mol. The van der Waals surface area contributed by atoms with Gasteiger partial charge in [0.15, 0.2) is 6.10 Å². The van der Waals surface area contributed by atoms with Crippen molar-refractivity contribution in [3.05, 3.63) is 0 Å². The van der Waals surface area contributed by atoms with E-state index in [-0.39, 0.29) is 31.1 Å². The van der Waals surface area contributed by atoms with E-state index in [4.69, 9.17) is 14.2 Å². The molecule has 0 saturated heterocycles. The smallest absolute Gasteiger partial charge is 0.306 e. The Hall–Kier alpha value is -1.59. The van der Waals surface area contributed by atoms with Crippen molar-refractivity contribution in [1.29, 1.82) is 0 Å². The molecule has 386 valence electrons. The standard InChI is InChI=1S/C59H114O6/c1-7-54(5)46-40-34-28-22-17-15-13-11-9-10-12-14-16-18-23-30-36-42-48-57(60)63-51-56(52-64-58(61)49-43-37-31-26-25-29-35-41-47-55(6)8-2)65-59(62)50-44-38-32-24-20-19-21-27-33-39-45-53(3)4/h53-56H,7-52H2,1-6H3/t54?,55?,56-/m1/s1. The number of ether oxygens (including phenoxy) is 3. The van der Waals surface area contributed by atoms with Gasteiger partial charge in [0.25, 0.3) is 0 Å². The minimum absolute atomic E-state index is 0.0641. The van der Waals surface area contributed by atoms with Crippen LogP contribution in [0.15, 0.2) is 0 Å². The van der Waals surface area contributed by atoms with Gasteiger partial charge in [0, 0.05) is 19.3 Å². The molecule has 0 saturated carbocycles. The molecule has 0 aliphatic carbocycles. The van der Waals surface area contributed by atoms with Gasteiger partial charge in [0.1, 0.15) is 13.2 Å². The maximum Gasteiger partial charge on any atom is 0.306 e. The molecule has 65 heavy (non-hydrogen) atoms. The number of rotatable bonds is 52. The highest BCUT2D eigenvalue weighted by Gasteiger charge is 2.19. The van der Waals surface area contributed by atoms with Gasteiger partial charge in [-0.25, -0.2) is 0 Å². The molecule has 0 aromatic heterocycles. The first-order valence-corrected chi connectivity index (χ1v) is 29.2. The molecule has 0 rings (SSSR count). The first-order valence-electron chi connectivity index (χ1n) is 29.2. The van der Waals surface area contributed by atoms with Gasteiger partial charge in [-0.1, -0.05) is 286 Å². The van der Waals surface area contributed by atoms with E-state index in [0.717, 1.165) is 75.5 Å². The number of unbranched alkanes of at least 4 members (excludes halogenated alkanes) is 33. The van der Waals surface area contributed by atoms with Gasteiger partial charge in [-0.3, -0.25) is 14.4 Å². The molecule has 0 heterocycles. The molecule has 0 spiro atoms. The van der Waals surface area contributed by atoms with E-state index in [9.17, 15) is 14.4 Å². The fourth-order valence-electron chi connectivity index (χ4n) is 8.93. The van der Waals surface area contributed by atoms with Crippen LogP contribution < -0.4 is 0 Å². The van der Waals surface area contributed by atoms with Gasteiger partial charge in [-0.15, -0.1) is 0 Å². The third-order valence-electron chi connectivity index (χ3n) is 14.1. The second kappa shape index (κ2) is 50.3. The summed E-state index contributed by atoms with van der Waals surface area (Å²) in [6, 6.07) is 0. The van der Waals surface area contributed by atoms with Crippen LogP contribution in [0.2, 0.25) is 0 Å². The van der Waals surface area contributed by atoms with E-state index < -0.39 is 6.10 Å². The molecule has 0 bridgehead atoms. The van der Waals surface area contributed by atoms with E-state index in [2.05, 4.69) is 41.5 Å². The summed E-state index contributed by atoms with van der Waals surface area (Å²) in [5, 5.41) is 0. The van der Waals surface area contributed by atoms with Crippen LogP contribution in [-0.4, -0.2) is 37.2 Å². The fourth-order valence-corrected chi connectivity index (χ4v) is 8.93. The zero-order valence-corrected chi connectivity index (χ0v) is 44.8. The Labute approximate surface area is 406 Å². The molecular weight excluding hydrogens is 805 g/mol. The van der Waals surface area contributed by atoms with Gasteiger partial charge in [-0.2, -0.15) is 0 Å². The van der Waals surface area contributed by atoms with Gasteiger partial charge in [0.2, 0.25) is 0 Å². The molecule has 6 nitrogen and oxygen atoms in total. The van der Waals surface area contributed by atoms with Crippen LogP contribution >= 0.6 is 0 Å². The Bertz CT molecular complexity index is 1010. The molecule has 0 fully saturated rings. The monoisotopic (exact) mass is 919 g/mol. The van der Waals surface area contributed by atoms with Crippen molar-refractivity contribution < 1.29 is 28.6 Å². The largest absolute Gasteiger partial charge is 0.462 e. The van der Waals surface area contributed by atoms with Crippen LogP contribution in [0, 0.1) is 17.8 Å². The number of hydrogen-bond donors (Lipinski definition) is 0. The van der Waals surface area contributed by atoms with Crippen molar-refractivity contribution in [2.45, 2.75) is 330 Å². The second-order valence-electron chi connectivity index (χ2n) is 21.2. The Kier molecular flexibility index (Phi) is 49.1. The zero-order chi connectivity index (χ0) is 47.7. The van der Waals surface area contributed by atoms with E-state index in [1.54, 1.807) is 0 Å². The summed E-state index contributed by atoms with van der Waals surface area (Å²) in [5.41, 5.74) is 0. The number of esters is 3. The fraction of sp³-hybridized carbons (Fsp3) is 0.949. The quantitative estimate of drug-likeness (QED) is 0.0344. The second-order valence-corrected chi connectivity index (χ2v) is 21.2. The van der Waals surface area contributed by atoms with Gasteiger partial charge in [-0.05, 0) is 37.0 Å². The van der Waals surface area contributed by atoms with Crippen molar-refractivity contribution in [3.8, 4) is 0 Å². The summed E-state index contributed by atoms with van der Waals surface area (Å²) < 4.78 is 16.9. The molecule has 0 aromatic rings. The number of carbonyl (C=O) groups excluding carboxylic acids is 3. The Morgan fingerprint density at radius 3 is 0.800 bits per heavy atom. The topological polar surface area (TPSA) is 78.9 Å². The summed E-state index contributed by atoms with van der Waals surface area (Å²) in [7, 11) is 0. The highest BCUT2D eigenvalue weighted by molar-refractivity contribution is 5.71. The summed E-state index contributed by atoms with van der Waals surface area (Å²) >= 11 is 0. The SMILES string of the molecule is CCC(C)CCCCCCCCCCCCCCCCCCCCC(=O)OC[C@H](COC(=O)CCCCCCCCCCC(C)CC)OC(=O)CCCCCCCCCCCCC(C)C. The molecule has 0 aromatic carbocycles. The van der Waals surface area contributed by atoms with E-state index in [1.165, 1.54) is 205 Å². The average Bonchev–Trinajstić information content (AvgIpc) is 3.29. The summed E-state index contributed by atoms with van der Waals surface area (Å²) in [6.45, 7) is 13.8.